The van der Waals surface area contributed by atoms with Crippen LogP contribution < -0.4 is 11.1 Å². The molecule has 1 amide bonds. The summed E-state index contributed by atoms with van der Waals surface area (Å²) in [6.45, 7) is 3.82. The van der Waals surface area contributed by atoms with Crippen molar-refractivity contribution in [2.75, 3.05) is 5.32 Å². The Bertz CT molecular complexity index is 508. The average molecular weight is 294 g/mol. The van der Waals surface area contributed by atoms with Gasteiger partial charge in [-0.05, 0) is 38.0 Å². The second kappa shape index (κ2) is 7.88. The molecule has 5 heteroatoms. The summed E-state index contributed by atoms with van der Waals surface area (Å²) in [4.78, 5) is 12.1. The van der Waals surface area contributed by atoms with E-state index in [0.717, 1.165) is 19.3 Å². The van der Waals surface area contributed by atoms with Crippen LogP contribution in [0.4, 0.5) is 5.69 Å². The van der Waals surface area contributed by atoms with Crippen molar-refractivity contribution in [1.29, 1.82) is 5.26 Å². The van der Waals surface area contributed by atoms with Gasteiger partial charge in [0.05, 0.1) is 11.3 Å². The number of nitrogens with two attached hydrogens (primary N) is 1. The Kier molecular flexibility index (Phi) is 6.50. The van der Waals surface area contributed by atoms with E-state index in [1.165, 1.54) is 0 Å². The third-order valence-electron chi connectivity index (χ3n) is 3.10. The van der Waals surface area contributed by atoms with Crippen molar-refractivity contribution in [3.05, 3.63) is 28.8 Å². The summed E-state index contributed by atoms with van der Waals surface area (Å²) in [7, 11) is 0. The smallest absolute Gasteiger partial charge is 0.227 e. The summed E-state index contributed by atoms with van der Waals surface area (Å²) in [5.41, 5.74) is 6.55. The third-order valence-corrected chi connectivity index (χ3v) is 3.34. The van der Waals surface area contributed by atoms with Gasteiger partial charge in [0.15, 0.2) is 0 Å². The second-order valence-electron chi connectivity index (χ2n) is 5.10. The van der Waals surface area contributed by atoms with Gasteiger partial charge in [0.25, 0.3) is 0 Å². The van der Waals surface area contributed by atoms with Crippen LogP contribution in [-0.4, -0.2) is 11.9 Å². The van der Waals surface area contributed by atoms with Crippen LogP contribution in [0.1, 0.15) is 38.7 Å². The minimum atomic E-state index is -0.126. The van der Waals surface area contributed by atoms with E-state index in [4.69, 9.17) is 22.6 Å². The highest BCUT2D eigenvalue weighted by Crippen LogP contribution is 2.21. The molecule has 0 aromatic heterocycles. The highest BCUT2D eigenvalue weighted by molar-refractivity contribution is 6.31. The Morgan fingerprint density at radius 3 is 2.75 bits per heavy atom. The van der Waals surface area contributed by atoms with E-state index in [2.05, 4.69) is 5.32 Å². The Morgan fingerprint density at radius 2 is 2.15 bits per heavy atom. The fourth-order valence-electron chi connectivity index (χ4n) is 1.85. The molecule has 0 saturated heterocycles. The van der Waals surface area contributed by atoms with Crippen LogP contribution in [0.2, 0.25) is 5.02 Å². The zero-order valence-electron chi connectivity index (χ0n) is 11.8. The van der Waals surface area contributed by atoms with Gasteiger partial charge in [-0.15, -0.1) is 0 Å². The SMILES string of the molecule is CC(N)CCCC(C)C(=O)Nc1cc(Cl)ccc1C#N. The molecule has 0 spiro atoms. The zero-order chi connectivity index (χ0) is 15.1. The molecule has 0 radical (unpaired) electrons. The third kappa shape index (κ3) is 5.20. The van der Waals surface area contributed by atoms with Crippen molar-refractivity contribution in [3.63, 3.8) is 0 Å². The number of benzene rings is 1. The van der Waals surface area contributed by atoms with Crippen molar-refractivity contribution < 1.29 is 4.79 Å². The molecular formula is C15H20ClN3O. The molecule has 0 bridgehead atoms. The number of rotatable bonds is 6. The standard InChI is InChI=1S/C15H20ClN3O/c1-10(4-3-5-11(2)18)15(20)19-14-8-13(16)7-6-12(14)9-17/h6-8,10-11H,3-5,18H2,1-2H3,(H,19,20). The van der Waals surface area contributed by atoms with Crippen LogP contribution in [0, 0.1) is 17.2 Å². The molecule has 0 fully saturated rings. The number of carbonyl (C=O) groups is 1. The molecule has 3 N–H and O–H groups in total. The maximum Gasteiger partial charge on any atom is 0.227 e. The Balaban J connectivity index is 2.62. The molecule has 108 valence electrons. The number of halogens is 1. The number of hydrogen-bond donors (Lipinski definition) is 2. The zero-order valence-corrected chi connectivity index (χ0v) is 12.6. The summed E-state index contributed by atoms with van der Waals surface area (Å²) in [5.74, 6) is -0.229. The Morgan fingerprint density at radius 1 is 1.45 bits per heavy atom. The summed E-state index contributed by atoms with van der Waals surface area (Å²) in [6, 6.07) is 7.00. The molecule has 4 nitrogen and oxygen atoms in total. The maximum atomic E-state index is 12.1. The van der Waals surface area contributed by atoms with Gasteiger partial charge in [-0.25, -0.2) is 0 Å². The van der Waals surface area contributed by atoms with Crippen LogP contribution in [0.15, 0.2) is 18.2 Å². The van der Waals surface area contributed by atoms with Crippen molar-refractivity contribution in [2.45, 2.75) is 39.2 Å². The van der Waals surface area contributed by atoms with Gasteiger partial charge in [-0.2, -0.15) is 5.26 Å². The lowest BCUT2D eigenvalue weighted by Crippen LogP contribution is -2.22. The molecule has 2 atom stereocenters. The molecule has 1 rings (SSSR count). The number of nitrogens with one attached hydrogen (secondary N) is 1. The normalized spacial score (nSPS) is 13.3. The predicted octanol–water partition coefficient (Wildman–Crippen LogP) is 3.30. The molecule has 0 aliphatic rings. The van der Waals surface area contributed by atoms with Crippen LogP contribution in [0.25, 0.3) is 0 Å². The summed E-state index contributed by atoms with van der Waals surface area (Å²) < 4.78 is 0. The average Bonchev–Trinajstić information content (AvgIpc) is 2.38. The topological polar surface area (TPSA) is 78.9 Å². The molecule has 20 heavy (non-hydrogen) atoms. The fourth-order valence-corrected chi connectivity index (χ4v) is 2.02. The first kappa shape index (κ1) is 16.5. The van der Waals surface area contributed by atoms with Crippen molar-refractivity contribution in [1.82, 2.24) is 0 Å². The number of carbonyl (C=O) groups excluding carboxylic acids is 1. The number of hydrogen-bond acceptors (Lipinski definition) is 3. The van der Waals surface area contributed by atoms with Crippen molar-refractivity contribution in [3.8, 4) is 6.07 Å². The number of amides is 1. The minimum Gasteiger partial charge on any atom is -0.328 e. The summed E-state index contributed by atoms with van der Waals surface area (Å²) >= 11 is 5.88. The first-order valence-corrected chi connectivity index (χ1v) is 7.08. The number of nitriles is 1. The van der Waals surface area contributed by atoms with E-state index >= 15 is 0 Å². The Labute approximate surface area is 124 Å². The first-order valence-electron chi connectivity index (χ1n) is 6.70. The molecule has 0 aliphatic heterocycles. The highest BCUT2D eigenvalue weighted by Gasteiger charge is 2.15. The molecule has 1 aromatic carbocycles. The summed E-state index contributed by atoms with van der Waals surface area (Å²) in [6.07, 6.45) is 2.58. The van der Waals surface area contributed by atoms with Crippen LogP contribution in [0.3, 0.4) is 0 Å². The van der Waals surface area contributed by atoms with E-state index in [1.807, 2.05) is 19.9 Å². The van der Waals surface area contributed by atoms with Gasteiger partial charge in [0.2, 0.25) is 5.91 Å². The number of nitrogens with zero attached hydrogens (tertiary/aromatic N) is 1. The molecular weight excluding hydrogens is 274 g/mol. The van der Waals surface area contributed by atoms with Crippen LogP contribution >= 0.6 is 11.6 Å². The van der Waals surface area contributed by atoms with Gasteiger partial charge in [0.1, 0.15) is 6.07 Å². The van der Waals surface area contributed by atoms with Gasteiger partial charge in [-0.1, -0.05) is 24.9 Å². The van der Waals surface area contributed by atoms with Crippen molar-refractivity contribution in [2.24, 2.45) is 11.7 Å². The fraction of sp³-hybridized carbons (Fsp3) is 0.467. The minimum absolute atomic E-state index is 0.103. The van der Waals surface area contributed by atoms with E-state index in [0.29, 0.717) is 16.3 Å². The number of anilines is 1. The predicted molar refractivity (Wildman–Crippen MR) is 81.5 cm³/mol. The molecule has 0 aliphatic carbocycles. The second-order valence-corrected chi connectivity index (χ2v) is 5.54. The van der Waals surface area contributed by atoms with E-state index in [-0.39, 0.29) is 17.9 Å². The Hall–Kier alpha value is -1.57. The highest BCUT2D eigenvalue weighted by atomic mass is 35.5. The van der Waals surface area contributed by atoms with E-state index in [9.17, 15) is 4.79 Å². The lowest BCUT2D eigenvalue weighted by molar-refractivity contribution is -0.119. The first-order chi connectivity index (χ1) is 9.43. The lowest BCUT2D eigenvalue weighted by Gasteiger charge is -2.14. The molecule has 2 unspecified atom stereocenters. The molecule has 0 heterocycles. The van der Waals surface area contributed by atoms with Gasteiger partial charge < -0.3 is 11.1 Å². The monoisotopic (exact) mass is 293 g/mol. The van der Waals surface area contributed by atoms with Crippen molar-refractivity contribution >= 4 is 23.2 Å². The van der Waals surface area contributed by atoms with Gasteiger partial charge in [-0.3, -0.25) is 4.79 Å². The van der Waals surface area contributed by atoms with E-state index < -0.39 is 0 Å². The molecule has 1 aromatic rings. The lowest BCUT2D eigenvalue weighted by atomic mass is 10.0. The van der Waals surface area contributed by atoms with Gasteiger partial charge in [0, 0.05) is 17.0 Å². The quantitative estimate of drug-likeness (QED) is 0.844. The van der Waals surface area contributed by atoms with Crippen LogP contribution in [-0.2, 0) is 4.79 Å². The van der Waals surface area contributed by atoms with Gasteiger partial charge >= 0.3 is 0 Å². The van der Waals surface area contributed by atoms with Crippen LogP contribution in [0.5, 0.6) is 0 Å². The largest absolute Gasteiger partial charge is 0.328 e. The summed E-state index contributed by atoms with van der Waals surface area (Å²) in [5, 5.41) is 12.3. The van der Waals surface area contributed by atoms with E-state index in [1.54, 1.807) is 18.2 Å². The maximum absolute atomic E-state index is 12.1. The molecule has 0 saturated carbocycles.